The molecule has 110 valence electrons. The number of hydrogen-bond acceptors (Lipinski definition) is 6. The lowest BCUT2D eigenvalue weighted by atomic mass is 10.2. The van der Waals surface area contributed by atoms with Crippen LogP contribution in [0.25, 0.3) is 0 Å². The molecular weight excluding hydrogens is 302 g/mol. The first-order chi connectivity index (χ1) is 10.2. The van der Waals surface area contributed by atoms with Gasteiger partial charge < -0.3 is 11.1 Å². The Labute approximate surface area is 132 Å². The first-order valence-corrected chi connectivity index (χ1v) is 8.88. The Hall–Kier alpha value is -1.53. The fourth-order valence-electron chi connectivity index (χ4n) is 2.14. The van der Waals surface area contributed by atoms with E-state index in [1.165, 1.54) is 11.3 Å². The van der Waals surface area contributed by atoms with Gasteiger partial charge in [-0.1, -0.05) is 0 Å². The number of ketones is 1. The Morgan fingerprint density at radius 3 is 2.81 bits per heavy atom. The van der Waals surface area contributed by atoms with Gasteiger partial charge >= 0.3 is 0 Å². The van der Waals surface area contributed by atoms with Crippen LogP contribution in [0.1, 0.15) is 28.1 Å². The van der Waals surface area contributed by atoms with Crippen molar-refractivity contribution in [1.29, 1.82) is 0 Å². The summed E-state index contributed by atoms with van der Waals surface area (Å²) in [5, 5.41) is 4.38. The molecule has 0 spiro atoms. The molecule has 4 nitrogen and oxygen atoms in total. The van der Waals surface area contributed by atoms with Crippen molar-refractivity contribution in [3.8, 4) is 0 Å². The van der Waals surface area contributed by atoms with E-state index in [1.54, 1.807) is 24.2 Å². The lowest BCUT2D eigenvalue weighted by molar-refractivity contribution is 0.0972. The zero-order chi connectivity index (χ0) is 14.8. The van der Waals surface area contributed by atoms with Crippen molar-refractivity contribution in [2.24, 2.45) is 5.92 Å². The number of aromatic nitrogens is 1. The monoisotopic (exact) mass is 319 g/mol. The van der Waals surface area contributed by atoms with E-state index in [4.69, 9.17) is 5.73 Å². The van der Waals surface area contributed by atoms with E-state index in [0.717, 1.165) is 33.2 Å². The van der Waals surface area contributed by atoms with Gasteiger partial charge in [0.1, 0.15) is 5.00 Å². The highest BCUT2D eigenvalue weighted by atomic mass is 32.2. The minimum atomic E-state index is 0.203. The van der Waals surface area contributed by atoms with Crippen molar-refractivity contribution in [3.63, 3.8) is 0 Å². The molecule has 2 aromatic heterocycles. The molecular formula is C15H17N3OS2. The fraction of sp³-hybridized carbons (Fsp3) is 0.333. The smallest absolute Gasteiger partial charge is 0.178 e. The maximum absolute atomic E-state index is 12.3. The lowest BCUT2D eigenvalue weighted by Crippen LogP contribution is -2.02. The van der Waals surface area contributed by atoms with E-state index in [2.05, 4.69) is 10.3 Å². The summed E-state index contributed by atoms with van der Waals surface area (Å²) in [5.74, 6) is 0.415. The zero-order valence-corrected chi connectivity index (χ0v) is 13.4. The van der Waals surface area contributed by atoms with Gasteiger partial charge in [-0.15, -0.1) is 23.1 Å². The number of hydrogen-bond donors (Lipinski definition) is 2. The van der Waals surface area contributed by atoms with Crippen LogP contribution in [-0.2, 0) is 6.54 Å². The van der Waals surface area contributed by atoms with E-state index in [0.29, 0.717) is 12.2 Å². The molecule has 21 heavy (non-hydrogen) atoms. The van der Waals surface area contributed by atoms with Gasteiger partial charge in [-0.05, 0) is 36.8 Å². The topological polar surface area (TPSA) is 68.0 Å². The van der Waals surface area contributed by atoms with Gasteiger partial charge in [0.05, 0.1) is 15.5 Å². The van der Waals surface area contributed by atoms with Gasteiger partial charge in [0.15, 0.2) is 5.78 Å². The van der Waals surface area contributed by atoms with Crippen LogP contribution in [0.3, 0.4) is 0 Å². The summed E-state index contributed by atoms with van der Waals surface area (Å²) in [6, 6.07) is 3.94. The molecule has 0 bridgehead atoms. The molecule has 1 aliphatic rings. The molecule has 0 saturated heterocycles. The molecule has 1 aliphatic carbocycles. The molecule has 3 rings (SSSR count). The van der Waals surface area contributed by atoms with Crippen LogP contribution in [0, 0.1) is 5.92 Å². The number of thioether (sulfide) groups is 1. The summed E-state index contributed by atoms with van der Waals surface area (Å²) in [6.07, 6.45) is 7.55. The van der Waals surface area contributed by atoms with Crippen LogP contribution in [0.4, 0.5) is 10.7 Å². The second-order valence-corrected chi connectivity index (χ2v) is 6.89. The summed E-state index contributed by atoms with van der Waals surface area (Å²) in [7, 11) is 0. The standard InChI is InChI=1S/C15H17N3OS2/c1-20-14-11(16)13(12(19)10-2-3-10)21-15(14)18-8-9-4-6-17-7-5-9/h4-7,10,18H,2-3,8,16H2,1H3. The lowest BCUT2D eigenvalue weighted by Gasteiger charge is -2.06. The van der Waals surface area contributed by atoms with Gasteiger partial charge in [0.2, 0.25) is 0 Å². The molecule has 1 fully saturated rings. The minimum Gasteiger partial charge on any atom is -0.396 e. The van der Waals surface area contributed by atoms with Crippen molar-refractivity contribution in [2.45, 2.75) is 24.3 Å². The van der Waals surface area contributed by atoms with Gasteiger partial charge in [-0.25, -0.2) is 0 Å². The average molecular weight is 319 g/mol. The SMILES string of the molecule is CSc1c(NCc2ccncc2)sc(C(=O)C2CC2)c1N. The number of rotatable bonds is 6. The number of carbonyl (C=O) groups excluding carboxylic acids is 1. The van der Waals surface area contributed by atoms with Crippen LogP contribution >= 0.6 is 23.1 Å². The Kier molecular flexibility index (Phi) is 4.17. The van der Waals surface area contributed by atoms with Crippen LogP contribution in [0.15, 0.2) is 29.4 Å². The van der Waals surface area contributed by atoms with E-state index in [9.17, 15) is 4.79 Å². The summed E-state index contributed by atoms with van der Waals surface area (Å²) in [6.45, 7) is 0.701. The highest BCUT2D eigenvalue weighted by Gasteiger charge is 2.33. The third-order valence-corrected chi connectivity index (χ3v) is 5.62. The Bertz CT molecular complexity index is 650. The predicted molar refractivity (Wildman–Crippen MR) is 89.1 cm³/mol. The molecule has 6 heteroatoms. The maximum atomic E-state index is 12.3. The first-order valence-electron chi connectivity index (χ1n) is 6.84. The van der Waals surface area contributed by atoms with Crippen LogP contribution in [0.5, 0.6) is 0 Å². The molecule has 3 N–H and O–H groups in total. The number of pyridine rings is 1. The average Bonchev–Trinajstić information content (AvgIpc) is 3.30. The minimum absolute atomic E-state index is 0.203. The van der Waals surface area contributed by atoms with Gasteiger partial charge in [-0.2, -0.15) is 0 Å². The van der Waals surface area contributed by atoms with E-state index in [1.807, 2.05) is 18.4 Å². The third-order valence-electron chi connectivity index (χ3n) is 3.48. The normalized spacial score (nSPS) is 14.1. The highest BCUT2D eigenvalue weighted by Crippen LogP contribution is 2.45. The number of nitrogens with one attached hydrogen (secondary N) is 1. The molecule has 1 saturated carbocycles. The van der Waals surface area contributed by atoms with E-state index in [-0.39, 0.29) is 11.7 Å². The fourth-order valence-corrected chi connectivity index (χ4v) is 4.19. The predicted octanol–water partition coefficient (Wildman–Crippen LogP) is 3.65. The van der Waals surface area contributed by atoms with Crippen LogP contribution in [-0.4, -0.2) is 17.0 Å². The van der Waals surface area contributed by atoms with Crippen LogP contribution in [0.2, 0.25) is 0 Å². The second-order valence-electron chi connectivity index (χ2n) is 5.05. The molecule has 2 heterocycles. The maximum Gasteiger partial charge on any atom is 0.178 e. The van der Waals surface area contributed by atoms with Crippen molar-refractivity contribution in [1.82, 2.24) is 4.98 Å². The number of nitrogens with two attached hydrogens (primary N) is 1. The quantitative estimate of drug-likeness (QED) is 0.628. The number of Topliss-reactive ketones (excluding diaryl/α,β-unsaturated/α-hetero) is 1. The van der Waals surface area contributed by atoms with Gasteiger partial charge in [0.25, 0.3) is 0 Å². The Morgan fingerprint density at radius 2 is 2.19 bits per heavy atom. The van der Waals surface area contributed by atoms with Crippen molar-refractivity contribution in [2.75, 3.05) is 17.3 Å². The van der Waals surface area contributed by atoms with E-state index >= 15 is 0 Å². The molecule has 0 aromatic carbocycles. The molecule has 0 amide bonds. The van der Waals surface area contributed by atoms with Gasteiger partial charge in [-0.3, -0.25) is 9.78 Å². The largest absolute Gasteiger partial charge is 0.396 e. The third kappa shape index (κ3) is 3.06. The molecule has 2 aromatic rings. The first kappa shape index (κ1) is 14.4. The number of nitrogens with zero attached hydrogens (tertiary/aromatic N) is 1. The van der Waals surface area contributed by atoms with Crippen molar-refractivity contribution < 1.29 is 4.79 Å². The summed E-state index contributed by atoms with van der Waals surface area (Å²) in [5.41, 5.74) is 7.96. The van der Waals surface area contributed by atoms with Crippen LogP contribution < -0.4 is 11.1 Å². The molecule has 0 aliphatic heterocycles. The number of nitrogen functional groups attached to an aromatic ring is 1. The number of carbonyl (C=O) groups is 1. The Morgan fingerprint density at radius 1 is 1.48 bits per heavy atom. The molecule has 0 atom stereocenters. The van der Waals surface area contributed by atoms with Crippen molar-refractivity contribution in [3.05, 3.63) is 35.0 Å². The number of thiophene rings is 1. The second kappa shape index (κ2) is 6.07. The highest BCUT2D eigenvalue weighted by molar-refractivity contribution is 7.99. The summed E-state index contributed by atoms with van der Waals surface area (Å²) in [4.78, 5) is 18.0. The number of anilines is 2. The molecule has 0 radical (unpaired) electrons. The summed E-state index contributed by atoms with van der Waals surface area (Å²) >= 11 is 3.07. The molecule has 0 unspecified atom stereocenters. The van der Waals surface area contributed by atoms with Gasteiger partial charge in [0, 0.05) is 24.9 Å². The Balaban J connectivity index is 1.80. The zero-order valence-electron chi connectivity index (χ0n) is 11.8. The van der Waals surface area contributed by atoms with Crippen molar-refractivity contribution >= 4 is 39.6 Å². The summed E-state index contributed by atoms with van der Waals surface area (Å²) < 4.78 is 0. The van der Waals surface area contributed by atoms with E-state index < -0.39 is 0 Å².